The molecule has 1 aromatic rings. The van der Waals surface area contributed by atoms with E-state index in [9.17, 15) is 4.79 Å². The summed E-state index contributed by atoms with van der Waals surface area (Å²) in [5, 5.41) is 0. The van der Waals surface area contributed by atoms with Crippen LogP contribution in [0.5, 0.6) is 0 Å². The molecule has 0 amide bonds. The molecule has 1 atom stereocenters. The summed E-state index contributed by atoms with van der Waals surface area (Å²) in [4.78, 5) is 10.8. The fraction of sp³-hybridized carbons (Fsp3) is 0.381. The van der Waals surface area contributed by atoms with E-state index in [1.54, 1.807) is 0 Å². The average molecular weight is 314 g/mol. The highest BCUT2D eigenvalue weighted by Crippen LogP contribution is 2.12. The molecule has 1 unspecified atom stereocenters. The van der Waals surface area contributed by atoms with Crippen molar-refractivity contribution in [1.29, 1.82) is 0 Å². The summed E-state index contributed by atoms with van der Waals surface area (Å²) in [6, 6.07) is 8.02. The fourth-order valence-electron chi connectivity index (χ4n) is 2.04. The molecule has 0 saturated heterocycles. The first-order chi connectivity index (χ1) is 11.1. The Morgan fingerprint density at radius 3 is 2.09 bits per heavy atom. The number of esters is 1. The normalized spacial score (nSPS) is 10.7. The molecular weight excluding hydrogens is 284 g/mol. The zero-order valence-electron chi connectivity index (χ0n) is 14.6. The molecule has 2 nitrogen and oxygen atoms in total. The molecule has 0 aromatic heterocycles. The summed E-state index contributed by atoms with van der Waals surface area (Å²) in [5.74, 6) is 0.207. The van der Waals surface area contributed by atoms with Gasteiger partial charge in [-0.15, -0.1) is 0 Å². The second-order valence-electron chi connectivity index (χ2n) is 5.29. The van der Waals surface area contributed by atoms with Crippen molar-refractivity contribution >= 4 is 18.1 Å². The molecule has 0 radical (unpaired) electrons. The Kier molecular flexibility index (Phi) is 12.3. The van der Waals surface area contributed by atoms with Gasteiger partial charge in [-0.25, -0.2) is 4.79 Å². The van der Waals surface area contributed by atoms with Crippen molar-refractivity contribution < 1.29 is 9.53 Å². The van der Waals surface area contributed by atoms with Crippen LogP contribution < -0.4 is 0 Å². The van der Waals surface area contributed by atoms with Crippen molar-refractivity contribution in [2.45, 2.75) is 39.5 Å². The van der Waals surface area contributed by atoms with E-state index in [1.165, 1.54) is 18.9 Å². The number of hydrogen-bond acceptors (Lipinski definition) is 2. The molecular formula is C21H30O2. The van der Waals surface area contributed by atoms with E-state index >= 15 is 0 Å². The Morgan fingerprint density at radius 2 is 1.70 bits per heavy atom. The molecule has 0 aliphatic rings. The van der Waals surface area contributed by atoms with Gasteiger partial charge in [0.15, 0.2) is 0 Å². The lowest BCUT2D eigenvalue weighted by Gasteiger charge is -2.13. The van der Waals surface area contributed by atoms with E-state index in [0.717, 1.165) is 24.0 Å². The van der Waals surface area contributed by atoms with Gasteiger partial charge in [0.25, 0.3) is 0 Å². The molecule has 126 valence electrons. The molecule has 0 bridgehead atoms. The summed E-state index contributed by atoms with van der Waals surface area (Å²) in [6.07, 6.45) is 9.51. The minimum atomic E-state index is -0.310. The van der Waals surface area contributed by atoms with Crippen LogP contribution in [0, 0.1) is 5.92 Å². The number of rotatable bonds is 9. The smallest absolute Gasteiger partial charge is 0.330 e. The van der Waals surface area contributed by atoms with Crippen LogP contribution in [0.2, 0.25) is 0 Å². The molecule has 0 spiro atoms. The number of carbonyl (C=O) groups is 1. The summed E-state index contributed by atoms with van der Waals surface area (Å²) in [5.41, 5.74) is 2.27. The summed E-state index contributed by atoms with van der Waals surface area (Å²) >= 11 is 0. The van der Waals surface area contributed by atoms with Gasteiger partial charge >= 0.3 is 5.97 Å². The van der Waals surface area contributed by atoms with Gasteiger partial charge in [0.2, 0.25) is 0 Å². The molecule has 2 heteroatoms. The van der Waals surface area contributed by atoms with E-state index in [4.69, 9.17) is 4.74 Å². The Hall–Kier alpha value is -2.09. The van der Waals surface area contributed by atoms with Gasteiger partial charge in [0, 0.05) is 6.08 Å². The van der Waals surface area contributed by atoms with E-state index in [-0.39, 0.29) is 5.97 Å². The maximum absolute atomic E-state index is 10.8. The van der Waals surface area contributed by atoms with Crippen LogP contribution in [-0.4, -0.2) is 12.6 Å². The Bertz CT molecular complexity index is 461. The second kappa shape index (κ2) is 13.6. The number of benzene rings is 1. The van der Waals surface area contributed by atoms with E-state index in [2.05, 4.69) is 33.6 Å². The third-order valence-electron chi connectivity index (χ3n) is 3.61. The van der Waals surface area contributed by atoms with Gasteiger partial charge in [-0.2, -0.15) is 0 Å². The first-order valence-corrected chi connectivity index (χ1v) is 8.25. The first kappa shape index (κ1) is 20.9. The molecule has 0 aliphatic carbocycles. The topological polar surface area (TPSA) is 26.3 Å². The minimum Gasteiger partial charge on any atom is -0.462 e. The highest BCUT2D eigenvalue weighted by molar-refractivity contribution is 5.81. The maximum Gasteiger partial charge on any atom is 0.330 e. The first-order valence-electron chi connectivity index (χ1n) is 8.25. The largest absolute Gasteiger partial charge is 0.462 e. The van der Waals surface area contributed by atoms with Gasteiger partial charge in [0.05, 0.1) is 6.61 Å². The predicted molar refractivity (Wildman–Crippen MR) is 101 cm³/mol. The van der Waals surface area contributed by atoms with Gasteiger partial charge in [-0.05, 0) is 23.5 Å². The van der Waals surface area contributed by atoms with Gasteiger partial charge in [-0.1, -0.05) is 89.3 Å². The molecule has 0 saturated carbocycles. The van der Waals surface area contributed by atoms with Crippen molar-refractivity contribution in [3.63, 3.8) is 0 Å². The zero-order valence-corrected chi connectivity index (χ0v) is 14.6. The lowest BCUT2D eigenvalue weighted by atomic mass is 10.0. The van der Waals surface area contributed by atoms with Gasteiger partial charge < -0.3 is 4.74 Å². The number of carbonyl (C=O) groups excluding carboxylic acids is 1. The summed E-state index contributed by atoms with van der Waals surface area (Å²) in [7, 11) is 0. The Morgan fingerprint density at radius 1 is 1.13 bits per heavy atom. The minimum absolute atomic E-state index is 0.310. The lowest BCUT2D eigenvalue weighted by molar-refractivity contribution is -0.139. The quantitative estimate of drug-likeness (QED) is 0.418. The number of ether oxygens (including phenoxy) is 1. The summed E-state index contributed by atoms with van der Waals surface area (Å²) < 4.78 is 4.98. The Labute approximate surface area is 141 Å². The molecule has 0 fully saturated rings. The number of unbranched alkanes of at least 4 members (excludes halogenated alkanes) is 1. The molecule has 0 aliphatic heterocycles. The SMILES string of the molecule is C=CC(=O)OCC(CC)CCCC.C=Cc1ccccc1C=C. The monoisotopic (exact) mass is 314 g/mol. The molecule has 0 heterocycles. The van der Waals surface area contributed by atoms with Crippen molar-refractivity contribution in [3.8, 4) is 0 Å². The van der Waals surface area contributed by atoms with E-state index in [0.29, 0.717) is 12.5 Å². The molecule has 1 rings (SSSR count). The molecule has 1 aromatic carbocycles. The fourth-order valence-corrected chi connectivity index (χ4v) is 2.04. The predicted octanol–water partition coefficient (Wildman–Crippen LogP) is 5.90. The van der Waals surface area contributed by atoms with Crippen LogP contribution in [0.3, 0.4) is 0 Å². The van der Waals surface area contributed by atoms with Crippen LogP contribution in [0.15, 0.2) is 50.1 Å². The lowest BCUT2D eigenvalue weighted by Crippen LogP contribution is -2.12. The third kappa shape index (κ3) is 9.51. The van der Waals surface area contributed by atoms with Crippen molar-refractivity contribution in [2.24, 2.45) is 5.92 Å². The van der Waals surface area contributed by atoms with Crippen LogP contribution in [0.25, 0.3) is 12.2 Å². The average Bonchev–Trinajstić information content (AvgIpc) is 2.61. The van der Waals surface area contributed by atoms with E-state index < -0.39 is 0 Å². The maximum atomic E-state index is 10.8. The second-order valence-corrected chi connectivity index (χ2v) is 5.29. The highest BCUT2D eigenvalue weighted by atomic mass is 16.5. The van der Waals surface area contributed by atoms with Crippen LogP contribution in [0.4, 0.5) is 0 Å². The molecule has 0 N–H and O–H groups in total. The van der Waals surface area contributed by atoms with E-state index in [1.807, 2.05) is 36.4 Å². The van der Waals surface area contributed by atoms with Crippen LogP contribution in [-0.2, 0) is 9.53 Å². The zero-order chi connectivity index (χ0) is 17.5. The third-order valence-corrected chi connectivity index (χ3v) is 3.61. The standard InChI is InChI=1S/C11H20O2.C10H10/c1-4-7-8-10(5-2)9-13-11(12)6-3;1-3-9-7-5-6-8-10(9)4-2/h6,10H,3-5,7-9H2,1-2H3;3-8H,1-2H2. The van der Waals surface area contributed by atoms with Crippen molar-refractivity contribution in [3.05, 3.63) is 61.2 Å². The van der Waals surface area contributed by atoms with Gasteiger partial charge in [-0.3, -0.25) is 0 Å². The summed E-state index contributed by atoms with van der Waals surface area (Å²) in [6.45, 7) is 15.6. The van der Waals surface area contributed by atoms with Crippen LogP contribution in [0.1, 0.15) is 50.7 Å². The molecule has 23 heavy (non-hydrogen) atoms. The Balaban J connectivity index is 0.000000433. The number of hydrogen-bond donors (Lipinski definition) is 0. The van der Waals surface area contributed by atoms with Gasteiger partial charge in [0.1, 0.15) is 0 Å². The van der Waals surface area contributed by atoms with Crippen molar-refractivity contribution in [2.75, 3.05) is 6.61 Å². The van der Waals surface area contributed by atoms with Crippen LogP contribution >= 0.6 is 0 Å². The van der Waals surface area contributed by atoms with Crippen molar-refractivity contribution in [1.82, 2.24) is 0 Å². The highest BCUT2D eigenvalue weighted by Gasteiger charge is 2.07.